The van der Waals surface area contributed by atoms with Crippen molar-refractivity contribution >= 4 is 40.6 Å². The van der Waals surface area contributed by atoms with Crippen molar-refractivity contribution in [3.05, 3.63) is 44.9 Å². The molecule has 0 spiro atoms. The van der Waals surface area contributed by atoms with Gasteiger partial charge < -0.3 is 5.32 Å². The number of nitrogens with one attached hydrogen (secondary N) is 1. The standard InChI is InChI=1S/C13H11Cl2N3OS/c14-8-1-2-9(11(15)4-8)10-3-7(10)5-16-13(19)12-6-17-18-20-12/h1-2,4,6-7,10H,3,5H2,(H,16,19)/t7-,10+/m0/s1. The van der Waals surface area contributed by atoms with E-state index in [0.717, 1.165) is 23.5 Å². The number of hydrogen-bond acceptors (Lipinski definition) is 4. The number of rotatable bonds is 4. The third-order valence-electron chi connectivity index (χ3n) is 3.39. The second kappa shape index (κ2) is 5.68. The van der Waals surface area contributed by atoms with Crippen molar-refractivity contribution in [3.63, 3.8) is 0 Å². The summed E-state index contributed by atoms with van der Waals surface area (Å²) in [4.78, 5) is 12.3. The van der Waals surface area contributed by atoms with Crippen LogP contribution in [0.2, 0.25) is 10.0 Å². The molecule has 1 saturated carbocycles. The summed E-state index contributed by atoms with van der Waals surface area (Å²) in [5, 5.41) is 7.88. The molecular weight excluding hydrogens is 317 g/mol. The highest BCUT2D eigenvalue weighted by Crippen LogP contribution is 2.49. The number of amides is 1. The Kier molecular flexibility index (Phi) is 3.92. The first-order valence-corrected chi connectivity index (χ1v) is 7.68. The molecule has 1 heterocycles. The highest BCUT2D eigenvalue weighted by atomic mass is 35.5. The van der Waals surface area contributed by atoms with E-state index in [1.54, 1.807) is 6.07 Å². The lowest BCUT2D eigenvalue weighted by molar-refractivity contribution is 0.0955. The summed E-state index contributed by atoms with van der Waals surface area (Å²) in [5.74, 6) is 0.714. The van der Waals surface area contributed by atoms with Crippen LogP contribution in [-0.2, 0) is 0 Å². The molecule has 1 aromatic carbocycles. The second-order valence-electron chi connectivity index (χ2n) is 4.76. The quantitative estimate of drug-likeness (QED) is 0.936. The molecule has 0 radical (unpaired) electrons. The van der Waals surface area contributed by atoms with Crippen LogP contribution in [0.25, 0.3) is 0 Å². The highest BCUT2D eigenvalue weighted by Gasteiger charge is 2.39. The Morgan fingerprint density at radius 2 is 2.30 bits per heavy atom. The lowest BCUT2D eigenvalue weighted by Crippen LogP contribution is -2.25. The van der Waals surface area contributed by atoms with Crippen LogP contribution in [0.3, 0.4) is 0 Å². The average Bonchev–Trinajstić information content (AvgIpc) is 2.97. The fourth-order valence-corrected chi connectivity index (χ4v) is 3.21. The molecule has 1 aliphatic rings. The van der Waals surface area contributed by atoms with Crippen molar-refractivity contribution in [2.24, 2.45) is 5.92 Å². The molecule has 0 saturated heterocycles. The highest BCUT2D eigenvalue weighted by molar-refractivity contribution is 7.07. The third-order valence-corrected chi connectivity index (χ3v) is 4.62. The zero-order valence-electron chi connectivity index (χ0n) is 10.3. The molecule has 0 bridgehead atoms. The van der Waals surface area contributed by atoms with Crippen LogP contribution in [0.5, 0.6) is 0 Å². The van der Waals surface area contributed by atoms with E-state index >= 15 is 0 Å². The maximum atomic E-state index is 11.8. The number of halogens is 2. The van der Waals surface area contributed by atoms with Crippen LogP contribution >= 0.6 is 34.7 Å². The summed E-state index contributed by atoms with van der Waals surface area (Å²) in [5.41, 5.74) is 1.11. The van der Waals surface area contributed by atoms with E-state index in [9.17, 15) is 4.79 Å². The normalized spacial score (nSPS) is 20.7. The van der Waals surface area contributed by atoms with Crippen molar-refractivity contribution in [1.29, 1.82) is 0 Å². The van der Waals surface area contributed by atoms with Crippen molar-refractivity contribution in [2.75, 3.05) is 6.54 Å². The van der Waals surface area contributed by atoms with E-state index in [-0.39, 0.29) is 5.91 Å². The summed E-state index contributed by atoms with van der Waals surface area (Å²) >= 11 is 13.2. The van der Waals surface area contributed by atoms with Crippen molar-refractivity contribution in [3.8, 4) is 0 Å². The average molecular weight is 328 g/mol. The zero-order chi connectivity index (χ0) is 14.1. The number of nitrogens with zero attached hydrogens (tertiary/aromatic N) is 2. The smallest absolute Gasteiger partial charge is 0.264 e. The van der Waals surface area contributed by atoms with Crippen molar-refractivity contribution < 1.29 is 4.79 Å². The summed E-state index contributed by atoms with van der Waals surface area (Å²) in [6, 6.07) is 5.57. The van der Waals surface area contributed by atoms with Crippen LogP contribution in [0.4, 0.5) is 0 Å². The fraction of sp³-hybridized carbons (Fsp3) is 0.308. The minimum atomic E-state index is -0.118. The maximum Gasteiger partial charge on any atom is 0.264 e. The van der Waals surface area contributed by atoms with E-state index in [4.69, 9.17) is 23.2 Å². The van der Waals surface area contributed by atoms with Crippen LogP contribution in [0.1, 0.15) is 27.6 Å². The van der Waals surface area contributed by atoms with Crippen LogP contribution < -0.4 is 5.32 Å². The van der Waals surface area contributed by atoms with Gasteiger partial charge in [-0.1, -0.05) is 33.8 Å². The molecule has 0 aliphatic heterocycles. The van der Waals surface area contributed by atoms with Gasteiger partial charge in [-0.25, -0.2) is 0 Å². The van der Waals surface area contributed by atoms with Crippen LogP contribution in [0, 0.1) is 5.92 Å². The minimum absolute atomic E-state index is 0.118. The number of carbonyl (C=O) groups excluding carboxylic acids is 1. The van der Waals surface area contributed by atoms with Gasteiger partial charge in [0.05, 0.1) is 6.20 Å². The Balaban J connectivity index is 1.56. The first-order chi connectivity index (χ1) is 9.65. The Morgan fingerprint density at radius 1 is 1.45 bits per heavy atom. The molecule has 1 aromatic heterocycles. The molecule has 2 atom stereocenters. The van der Waals surface area contributed by atoms with E-state index in [2.05, 4.69) is 14.9 Å². The minimum Gasteiger partial charge on any atom is -0.351 e. The predicted octanol–water partition coefficient (Wildman–Crippen LogP) is 3.38. The van der Waals surface area contributed by atoms with Crippen molar-refractivity contribution in [1.82, 2.24) is 14.9 Å². The van der Waals surface area contributed by atoms with Gasteiger partial charge in [0.1, 0.15) is 4.88 Å². The molecule has 4 nitrogen and oxygen atoms in total. The molecule has 2 aromatic rings. The summed E-state index contributed by atoms with van der Waals surface area (Å²) in [6.45, 7) is 0.639. The van der Waals surface area contributed by atoms with Gasteiger partial charge in [0.2, 0.25) is 0 Å². The first-order valence-electron chi connectivity index (χ1n) is 6.15. The van der Waals surface area contributed by atoms with Gasteiger partial charge in [-0.2, -0.15) is 0 Å². The van der Waals surface area contributed by atoms with Gasteiger partial charge in [0.15, 0.2) is 0 Å². The molecule has 1 amide bonds. The lowest BCUT2D eigenvalue weighted by Gasteiger charge is -2.05. The number of benzene rings is 1. The molecule has 1 aliphatic carbocycles. The maximum absolute atomic E-state index is 11.8. The molecule has 20 heavy (non-hydrogen) atoms. The number of carbonyl (C=O) groups is 1. The van der Waals surface area contributed by atoms with E-state index in [1.807, 2.05) is 12.1 Å². The van der Waals surface area contributed by atoms with Gasteiger partial charge >= 0.3 is 0 Å². The topological polar surface area (TPSA) is 54.9 Å². The van der Waals surface area contributed by atoms with E-state index in [1.165, 1.54) is 6.20 Å². The Bertz CT molecular complexity index is 633. The van der Waals surface area contributed by atoms with Crippen LogP contribution in [0.15, 0.2) is 24.4 Å². The molecular formula is C13H11Cl2N3OS. The van der Waals surface area contributed by atoms with Crippen molar-refractivity contribution in [2.45, 2.75) is 12.3 Å². The fourth-order valence-electron chi connectivity index (χ4n) is 2.23. The lowest BCUT2D eigenvalue weighted by atomic mass is 10.1. The summed E-state index contributed by atoms with van der Waals surface area (Å²) in [7, 11) is 0. The molecule has 104 valence electrons. The summed E-state index contributed by atoms with van der Waals surface area (Å²) in [6.07, 6.45) is 2.50. The SMILES string of the molecule is O=C(NC[C@@H]1C[C@H]1c1ccc(Cl)cc1Cl)c1cnns1. The Labute approximate surface area is 130 Å². The zero-order valence-corrected chi connectivity index (χ0v) is 12.7. The monoisotopic (exact) mass is 327 g/mol. The largest absolute Gasteiger partial charge is 0.351 e. The van der Waals surface area contributed by atoms with Gasteiger partial charge in [-0.3, -0.25) is 4.79 Å². The molecule has 7 heteroatoms. The molecule has 3 rings (SSSR count). The van der Waals surface area contributed by atoms with Gasteiger partial charge in [0.25, 0.3) is 5.91 Å². The molecule has 0 unspecified atom stereocenters. The Morgan fingerprint density at radius 3 is 3.00 bits per heavy atom. The summed E-state index contributed by atoms with van der Waals surface area (Å²) < 4.78 is 3.67. The molecule has 1 fully saturated rings. The molecule has 1 N–H and O–H groups in total. The second-order valence-corrected chi connectivity index (χ2v) is 6.39. The van der Waals surface area contributed by atoms with E-state index < -0.39 is 0 Å². The third kappa shape index (κ3) is 2.95. The first kappa shape index (κ1) is 13.8. The van der Waals surface area contributed by atoms with Crippen LogP contribution in [-0.4, -0.2) is 22.0 Å². The van der Waals surface area contributed by atoms with Gasteiger partial charge in [0, 0.05) is 16.6 Å². The number of hydrogen-bond donors (Lipinski definition) is 1. The Hall–Kier alpha value is -1.17. The number of aromatic nitrogens is 2. The van der Waals surface area contributed by atoms with Gasteiger partial charge in [-0.05, 0) is 47.5 Å². The predicted molar refractivity (Wildman–Crippen MR) is 79.6 cm³/mol. The van der Waals surface area contributed by atoms with Gasteiger partial charge in [-0.15, -0.1) is 5.10 Å². The van der Waals surface area contributed by atoms with E-state index in [0.29, 0.717) is 33.3 Å².